The molecule has 0 bridgehead atoms. The van der Waals surface area contributed by atoms with Gasteiger partial charge in [0.1, 0.15) is 0 Å². The topological polar surface area (TPSA) is 57.8 Å². The first-order valence-corrected chi connectivity index (χ1v) is 8.00. The summed E-state index contributed by atoms with van der Waals surface area (Å²) >= 11 is 1.71. The molecule has 1 aromatic rings. The van der Waals surface area contributed by atoms with E-state index in [9.17, 15) is 4.79 Å². The molecule has 0 radical (unpaired) electrons. The average molecular weight is 281 g/mol. The van der Waals surface area contributed by atoms with Crippen LogP contribution in [-0.4, -0.2) is 28.3 Å². The SMILES string of the molecule is CCCC1CCC(NC)C(Sc2nccc(=O)[nH]2)C1. The Morgan fingerprint density at radius 3 is 3.05 bits per heavy atom. The van der Waals surface area contributed by atoms with Gasteiger partial charge < -0.3 is 10.3 Å². The maximum atomic E-state index is 11.3. The van der Waals surface area contributed by atoms with Crippen molar-refractivity contribution in [2.75, 3.05) is 7.05 Å². The van der Waals surface area contributed by atoms with Gasteiger partial charge in [0.15, 0.2) is 5.16 Å². The Labute approximate surface area is 118 Å². The summed E-state index contributed by atoms with van der Waals surface area (Å²) < 4.78 is 0. The summed E-state index contributed by atoms with van der Waals surface area (Å²) in [7, 11) is 2.03. The van der Waals surface area contributed by atoms with E-state index in [0.29, 0.717) is 11.3 Å². The Bertz CT molecular complexity index is 448. The van der Waals surface area contributed by atoms with Crippen molar-refractivity contribution < 1.29 is 0 Å². The van der Waals surface area contributed by atoms with Crippen molar-refractivity contribution in [2.24, 2.45) is 5.92 Å². The van der Waals surface area contributed by atoms with Gasteiger partial charge in [-0.2, -0.15) is 0 Å². The molecule has 3 atom stereocenters. The fourth-order valence-electron chi connectivity index (χ4n) is 2.90. The van der Waals surface area contributed by atoms with Gasteiger partial charge in [-0.15, -0.1) is 0 Å². The zero-order chi connectivity index (χ0) is 13.7. The van der Waals surface area contributed by atoms with Crippen molar-refractivity contribution in [1.82, 2.24) is 15.3 Å². The molecular weight excluding hydrogens is 258 g/mol. The van der Waals surface area contributed by atoms with Crippen LogP contribution in [0.2, 0.25) is 0 Å². The largest absolute Gasteiger partial charge is 0.316 e. The Balaban J connectivity index is 2.03. The second-order valence-electron chi connectivity index (χ2n) is 5.26. The number of thioether (sulfide) groups is 1. The number of rotatable bonds is 5. The van der Waals surface area contributed by atoms with Crippen molar-refractivity contribution in [3.63, 3.8) is 0 Å². The molecule has 0 amide bonds. The van der Waals surface area contributed by atoms with Gasteiger partial charge >= 0.3 is 0 Å². The number of hydrogen-bond acceptors (Lipinski definition) is 4. The Morgan fingerprint density at radius 1 is 1.53 bits per heavy atom. The summed E-state index contributed by atoms with van der Waals surface area (Å²) in [6, 6.07) is 1.98. The van der Waals surface area contributed by atoms with Gasteiger partial charge in [-0.05, 0) is 32.2 Å². The lowest BCUT2D eigenvalue weighted by Gasteiger charge is -2.35. The molecule has 1 aliphatic carbocycles. The third kappa shape index (κ3) is 4.08. The maximum Gasteiger partial charge on any atom is 0.251 e. The summed E-state index contributed by atoms with van der Waals surface area (Å²) in [4.78, 5) is 18.4. The number of nitrogens with zero attached hydrogens (tertiary/aromatic N) is 1. The predicted octanol–water partition coefficient (Wildman–Crippen LogP) is 2.42. The van der Waals surface area contributed by atoms with E-state index < -0.39 is 0 Å². The molecule has 2 N–H and O–H groups in total. The van der Waals surface area contributed by atoms with Crippen molar-refractivity contribution >= 4 is 11.8 Å². The van der Waals surface area contributed by atoms with Crippen LogP contribution < -0.4 is 10.9 Å². The van der Waals surface area contributed by atoms with Crippen molar-refractivity contribution in [3.8, 4) is 0 Å². The zero-order valence-electron chi connectivity index (χ0n) is 11.7. The first kappa shape index (κ1) is 14.6. The van der Waals surface area contributed by atoms with Crippen LogP contribution in [0.3, 0.4) is 0 Å². The van der Waals surface area contributed by atoms with Gasteiger partial charge in [0.25, 0.3) is 5.56 Å². The van der Waals surface area contributed by atoms with Gasteiger partial charge in [0.2, 0.25) is 0 Å². The highest BCUT2D eigenvalue weighted by atomic mass is 32.2. The first-order chi connectivity index (χ1) is 9.22. The Hall–Kier alpha value is -0.810. The molecule has 106 valence electrons. The van der Waals surface area contributed by atoms with E-state index in [-0.39, 0.29) is 5.56 Å². The minimum absolute atomic E-state index is 0.0700. The van der Waals surface area contributed by atoms with Crippen LogP contribution >= 0.6 is 11.8 Å². The van der Waals surface area contributed by atoms with Crippen LogP contribution in [0.5, 0.6) is 0 Å². The second kappa shape index (κ2) is 7.10. The second-order valence-corrected chi connectivity index (χ2v) is 6.49. The van der Waals surface area contributed by atoms with E-state index in [2.05, 4.69) is 22.2 Å². The Morgan fingerprint density at radius 2 is 2.37 bits per heavy atom. The molecule has 0 aliphatic heterocycles. The minimum atomic E-state index is -0.0700. The van der Waals surface area contributed by atoms with Crippen LogP contribution in [-0.2, 0) is 0 Å². The molecule has 3 unspecified atom stereocenters. The van der Waals surface area contributed by atoms with Gasteiger partial charge in [-0.25, -0.2) is 4.98 Å². The smallest absolute Gasteiger partial charge is 0.251 e. The molecule has 0 saturated heterocycles. The van der Waals surface area contributed by atoms with Crippen LogP contribution in [0.1, 0.15) is 39.0 Å². The molecule has 1 heterocycles. The number of aromatic amines is 1. The third-order valence-corrected chi connectivity index (χ3v) is 5.13. The lowest BCUT2D eigenvalue weighted by atomic mass is 9.83. The summed E-state index contributed by atoms with van der Waals surface area (Å²) in [6.07, 6.45) is 7.90. The molecule has 4 nitrogen and oxygen atoms in total. The fourth-order valence-corrected chi connectivity index (χ4v) is 4.27. The molecule has 1 aromatic heterocycles. The summed E-state index contributed by atoms with van der Waals surface area (Å²) in [5, 5.41) is 4.66. The highest BCUT2D eigenvalue weighted by Gasteiger charge is 2.30. The lowest BCUT2D eigenvalue weighted by molar-refractivity contribution is 0.295. The summed E-state index contributed by atoms with van der Waals surface area (Å²) in [6.45, 7) is 2.25. The number of nitrogens with one attached hydrogen (secondary N) is 2. The molecule has 5 heteroatoms. The van der Waals surface area contributed by atoms with E-state index in [1.54, 1.807) is 18.0 Å². The summed E-state index contributed by atoms with van der Waals surface area (Å²) in [5.41, 5.74) is -0.0700. The predicted molar refractivity (Wildman–Crippen MR) is 79.6 cm³/mol. The standard InChI is InChI=1S/C14H23N3OS/c1-3-4-10-5-6-11(15-2)12(9-10)19-14-16-8-7-13(18)17-14/h7-8,10-12,15H,3-6,9H2,1-2H3,(H,16,17,18). The van der Waals surface area contributed by atoms with Gasteiger partial charge in [-0.1, -0.05) is 31.5 Å². The normalized spacial score (nSPS) is 27.4. The molecule has 1 aliphatic rings. The molecule has 0 aromatic carbocycles. The molecule has 1 fully saturated rings. The maximum absolute atomic E-state index is 11.3. The van der Waals surface area contributed by atoms with Crippen molar-refractivity contribution in [1.29, 1.82) is 0 Å². The average Bonchev–Trinajstić information content (AvgIpc) is 2.39. The van der Waals surface area contributed by atoms with Gasteiger partial charge in [0.05, 0.1) is 0 Å². The van der Waals surface area contributed by atoms with Gasteiger partial charge in [0, 0.05) is 23.6 Å². The van der Waals surface area contributed by atoms with Crippen molar-refractivity contribution in [2.45, 2.75) is 55.5 Å². The minimum Gasteiger partial charge on any atom is -0.316 e. The third-order valence-electron chi connectivity index (χ3n) is 3.88. The highest BCUT2D eigenvalue weighted by Crippen LogP contribution is 2.36. The number of H-pyrrole nitrogens is 1. The quantitative estimate of drug-likeness (QED) is 0.814. The van der Waals surface area contributed by atoms with E-state index in [1.807, 2.05) is 7.05 Å². The number of aromatic nitrogens is 2. The summed E-state index contributed by atoms with van der Waals surface area (Å²) in [5.74, 6) is 0.822. The van der Waals surface area contributed by atoms with E-state index >= 15 is 0 Å². The Kier molecular flexibility index (Phi) is 5.45. The zero-order valence-corrected chi connectivity index (χ0v) is 12.5. The highest BCUT2D eigenvalue weighted by molar-refractivity contribution is 7.99. The monoisotopic (exact) mass is 281 g/mol. The molecule has 0 spiro atoms. The van der Waals surface area contributed by atoms with Crippen LogP contribution in [0.25, 0.3) is 0 Å². The molecule has 2 rings (SSSR count). The van der Waals surface area contributed by atoms with Crippen LogP contribution in [0.15, 0.2) is 22.2 Å². The van der Waals surface area contributed by atoms with E-state index in [1.165, 1.54) is 38.2 Å². The van der Waals surface area contributed by atoms with E-state index in [4.69, 9.17) is 0 Å². The number of hydrogen-bond donors (Lipinski definition) is 2. The van der Waals surface area contributed by atoms with E-state index in [0.717, 1.165) is 11.1 Å². The molecule has 1 saturated carbocycles. The lowest BCUT2D eigenvalue weighted by Crippen LogP contribution is -2.40. The first-order valence-electron chi connectivity index (χ1n) is 7.12. The molecular formula is C14H23N3OS. The fraction of sp³-hybridized carbons (Fsp3) is 0.714. The van der Waals surface area contributed by atoms with Crippen LogP contribution in [0, 0.1) is 5.92 Å². The van der Waals surface area contributed by atoms with Gasteiger partial charge in [-0.3, -0.25) is 4.79 Å². The van der Waals surface area contributed by atoms with Crippen molar-refractivity contribution in [3.05, 3.63) is 22.6 Å². The van der Waals surface area contributed by atoms with Crippen LogP contribution in [0.4, 0.5) is 0 Å². The molecule has 19 heavy (non-hydrogen) atoms.